The first-order valence-electron chi connectivity index (χ1n) is 11.6. The molecule has 0 aromatic heterocycles. The number of carbonyl (C=O) groups excluding carboxylic acids is 2. The molecular weight excluding hydrogens is 447 g/mol. The van der Waals surface area contributed by atoms with Gasteiger partial charge in [0, 0.05) is 38.1 Å². The molecule has 0 radical (unpaired) electrons. The molecule has 0 spiro atoms. The third kappa shape index (κ3) is 6.30. The molecule has 2 fully saturated rings. The highest BCUT2D eigenvalue weighted by Gasteiger charge is 2.33. The number of sulfonamides is 1. The summed E-state index contributed by atoms with van der Waals surface area (Å²) in [7, 11) is -3.93. The van der Waals surface area contributed by atoms with Gasteiger partial charge < -0.3 is 10.2 Å². The van der Waals surface area contributed by atoms with Gasteiger partial charge in [-0.1, -0.05) is 26.0 Å². The Balaban J connectivity index is 1.45. The lowest BCUT2D eigenvalue weighted by molar-refractivity contribution is -0.134. The molecule has 1 atom stereocenters. The largest absolute Gasteiger partial charge is 0.353 e. The van der Waals surface area contributed by atoms with Crippen LogP contribution in [0, 0.1) is 17.7 Å². The molecule has 3 rings (SSSR count). The van der Waals surface area contributed by atoms with Crippen molar-refractivity contribution in [1.82, 2.24) is 19.4 Å². The van der Waals surface area contributed by atoms with Crippen LogP contribution in [0.1, 0.15) is 33.6 Å². The first-order valence-corrected chi connectivity index (χ1v) is 13.1. The van der Waals surface area contributed by atoms with Gasteiger partial charge in [0.2, 0.25) is 21.8 Å². The minimum atomic E-state index is -3.93. The van der Waals surface area contributed by atoms with Gasteiger partial charge in [-0.15, -0.1) is 0 Å². The number of likely N-dealkylation sites (tertiary alicyclic amines) is 1. The van der Waals surface area contributed by atoms with Crippen LogP contribution in [-0.4, -0.2) is 86.2 Å². The molecule has 8 nitrogen and oxygen atoms in total. The van der Waals surface area contributed by atoms with Crippen LogP contribution >= 0.6 is 0 Å². The molecule has 1 aromatic rings. The van der Waals surface area contributed by atoms with Crippen LogP contribution < -0.4 is 5.32 Å². The third-order valence-corrected chi connectivity index (χ3v) is 8.66. The van der Waals surface area contributed by atoms with Crippen molar-refractivity contribution >= 4 is 21.8 Å². The van der Waals surface area contributed by atoms with E-state index in [2.05, 4.69) is 24.1 Å². The predicted octanol–water partition coefficient (Wildman–Crippen LogP) is 1.53. The lowest BCUT2D eigenvalue weighted by Gasteiger charge is -2.36. The molecule has 2 heterocycles. The fourth-order valence-electron chi connectivity index (χ4n) is 4.12. The van der Waals surface area contributed by atoms with E-state index in [0.717, 1.165) is 18.9 Å². The monoisotopic (exact) mass is 482 g/mol. The molecule has 1 N–H and O–H groups in total. The Kier molecular flexibility index (Phi) is 8.47. The second kappa shape index (κ2) is 10.9. The smallest absolute Gasteiger partial charge is 0.246 e. The highest BCUT2D eigenvalue weighted by atomic mass is 32.2. The fraction of sp³-hybridized carbons (Fsp3) is 0.652. The molecule has 2 amide bonds. The van der Waals surface area contributed by atoms with Gasteiger partial charge in [0.05, 0.1) is 6.54 Å². The first-order chi connectivity index (χ1) is 15.6. The summed E-state index contributed by atoms with van der Waals surface area (Å²) in [6.07, 6.45) is 1.44. The molecule has 2 saturated heterocycles. The van der Waals surface area contributed by atoms with Crippen LogP contribution in [0.2, 0.25) is 0 Å². The van der Waals surface area contributed by atoms with Crippen molar-refractivity contribution in [3.8, 4) is 0 Å². The number of rotatable bonds is 7. The summed E-state index contributed by atoms with van der Waals surface area (Å²) in [4.78, 5) is 28.6. The zero-order valence-electron chi connectivity index (χ0n) is 19.7. The lowest BCUT2D eigenvalue weighted by Crippen LogP contribution is -2.53. The van der Waals surface area contributed by atoms with Crippen molar-refractivity contribution in [2.24, 2.45) is 11.8 Å². The highest BCUT2D eigenvalue weighted by molar-refractivity contribution is 7.89. The topological polar surface area (TPSA) is 90.0 Å². The fourth-order valence-corrected chi connectivity index (χ4v) is 5.61. The maximum Gasteiger partial charge on any atom is 0.246 e. The number of hydrogen-bond donors (Lipinski definition) is 1. The Morgan fingerprint density at radius 2 is 1.64 bits per heavy atom. The SMILES string of the molecule is CC(C)C(C)NC(=O)C1CCN(CC(=O)N2CCN(S(=O)(=O)c3ccccc3F)CC2)CC1. The van der Waals surface area contributed by atoms with Gasteiger partial charge in [-0.05, 0) is 50.9 Å². The van der Waals surface area contributed by atoms with E-state index < -0.39 is 15.8 Å². The van der Waals surface area contributed by atoms with E-state index in [0.29, 0.717) is 19.0 Å². The number of nitrogens with zero attached hydrogens (tertiary/aromatic N) is 3. The van der Waals surface area contributed by atoms with Crippen molar-refractivity contribution in [3.05, 3.63) is 30.1 Å². The quantitative estimate of drug-likeness (QED) is 0.637. The molecule has 2 aliphatic rings. The second-order valence-electron chi connectivity index (χ2n) is 9.31. The minimum absolute atomic E-state index is 0.0234. The molecule has 0 aliphatic carbocycles. The zero-order chi connectivity index (χ0) is 24.2. The second-order valence-corrected chi connectivity index (χ2v) is 11.2. The predicted molar refractivity (Wildman–Crippen MR) is 123 cm³/mol. The molecule has 1 unspecified atom stereocenters. The third-order valence-electron chi connectivity index (χ3n) is 6.73. The van der Waals surface area contributed by atoms with Gasteiger partial charge in [-0.3, -0.25) is 14.5 Å². The lowest BCUT2D eigenvalue weighted by atomic mass is 9.95. The average Bonchev–Trinajstić information content (AvgIpc) is 2.79. The van der Waals surface area contributed by atoms with Crippen molar-refractivity contribution in [2.75, 3.05) is 45.8 Å². The molecule has 184 valence electrons. The van der Waals surface area contributed by atoms with E-state index in [9.17, 15) is 22.4 Å². The van der Waals surface area contributed by atoms with Crippen LogP contribution in [0.5, 0.6) is 0 Å². The maximum atomic E-state index is 14.0. The molecule has 2 aliphatic heterocycles. The number of nitrogens with one attached hydrogen (secondary N) is 1. The molecule has 0 bridgehead atoms. The Hall–Kier alpha value is -2.04. The number of piperidine rings is 1. The summed E-state index contributed by atoms with van der Waals surface area (Å²) in [5.74, 6) is -0.367. The van der Waals surface area contributed by atoms with E-state index in [1.807, 2.05) is 6.92 Å². The molecule has 0 saturated carbocycles. The summed E-state index contributed by atoms with van der Waals surface area (Å²) in [5.41, 5.74) is 0. The number of hydrogen-bond acceptors (Lipinski definition) is 5. The molecule has 10 heteroatoms. The molecular formula is C23H35FN4O4S. The van der Waals surface area contributed by atoms with Crippen LogP contribution in [0.15, 0.2) is 29.2 Å². The Bertz CT molecular complexity index is 940. The Morgan fingerprint density at radius 3 is 2.21 bits per heavy atom. The van der Waals surface area contributed by atoms with Gasteiger partial charge in [0.15, 0.2) is 0 Å². The van der Waals surface area contributed by atoms with Gasteiger partial charge in [0.25, 0.3) is 0 Å². The van der Waals surface area contributed by atoms with Crippen molar-refractivity contribution in [3.63, 3.8) is 0 Å². The minimum Gasteiger partial charge on any atom is -0.353 e. The Labute approximate surface area is 196 Å². The summed E-state index contributed by atoms with van der Waals surface area (Å²) < 4.78 is 40.7. The van der Waals surface area contributed by atoms with Gasteiger partial charge in [-0.25, -0.2) is 12.8 Å². The number of carbonyl (C=O) groups is 2. The Morgan fingerprint density at radius 1 is 1.03 bits per heavy atom. The zero-order valence-corrected chi connectivity index (χ0v) is 20.5. The average molecular weight is 483 g/mol. The van der Waals surface area contributed by atoms with Gasteiger partial charge in [0.1, 0.15) is 10.7 Å². The van der Waals surface area contributed by atoms with E-state index in [-0.39, 0.29) is 61.4 Å². The van der Waals surface area contributed by atoms with Crippen molar-refractivity contribution < 1.29 is 22.4 Å². The van der Waals surface area contributed by atoms with Crippen LogP contribution in [-0.2, 0) is 19.6 Å². The van der Waals surface area contributed by atoms with Crippen molar-refractivity contribution in [2.45, 2.75) is 44.6 Å². The number of piperazine rings is 1. The van der Waals surface area contributed by atoms with Crippen LogP contribution in [0.3, 0.4) is 0 Å². The summed E-state index contributed by atoms with van der Waals surface area (Å²) in [6.45, 7) is 8.62. The summed E-state index contributed by atoms with van der Waals surface area (Å²) in [5, 5.41) is 3.08. The van der Waals surface area contributed by atoms with E-state index in [1.165, 1.54) is 22.5 Å². The van der Waals surface area contributed by atoms with Crippen LogP contribution in [0.4, 0.5) is 4.39 Å². The standard InChI is InChI=1S/C23H35FN4O4S/c1-17(2)18(3)25-23(30)19-8-10-26(11-9-19)16-22(29)27-12-14-28(15-13-27)33(31,32)21-7-5-4-6-20(21)24/h4-7,17-19H,8-16H2,1-3H3,(H,25,30). The number of benzene rings is 1. The van der Waals surface area contributed by atoms with Crippen molar-refractivity contribution in [1.29, 1.82) is 0 Å². The number of halogens is 1. The maximum absolute atomic E-state index is 14.0. The first kappa shape index (κ1) is 25.6. The van der Waals surface area contributed by atoms with Gasteiger partial charge >= 0.3 is 0 Å². The van der Waals surface area contributed by atoms with E-state index >= 15 is 0 Å². The number of amides is 2. The normalized spacial score (nSPS) is 20.1. The van der Waals surface area contributed by atoms with E-state index in [1.54, 1.807) is 4.90 Å². The molecule has 33 heavy (non-hydrogen) atoms. The van der Waals surface area contributed by atoms with E-state index in [4.69, 9.17) is 0 Å². The molecule has 1 aromatic carbocycles. The van der Waals surface area contributed by atoms with Gasteiger partial charge in [-0.2, -0.15) is 4.31 Å². The highest BCUT2D eigenvalue weighted by Crippen LogP contribution is 2.21. The summed E-state index contributed by atoms with van der Waals surface area (Å²) >= 11 is 0. The summed E-state index contributed by atoms with van der Waals surface area (Å²) in [6, 6.07) is 5.47. The van der Waals surface area contributed by atoms with Crippen LogP contribution in [0.25, 0.3) is 0 Å².